The molecule has 12 heteroatoms. The summed E-state index contributed by atoms with van der Waals surface area (Å²) in [7, 11) is 0. The van der Waals surface area contributed by atoms with Crippen LogP contribution >= 0.6 is 11.3 Å². The van der Waals surface area contributed by atoms with Gasteiger partial charge in [0.2, 0.25) is 5.95 Å². The Bertz CT molecular complexity index is 1880. The van der Waals surface area contributed by atoms with Gasteiger partial charge in [-0.1, -0.05) is 30.3 Å². The molecule has 0 spiro atoms. The van der Waals surface area contributed by atoms with E-state index in [4.69, 9.17) is 0 Å². The van der Waals surface area contributed by atoms with Crippen molar-refractivity contribution in [3.8, 4) is 0 Å². The first-order valence-corrected chi connectivity index (χ1v) is 13.5. The first kappa shape index (κ1) is 24.1. The number of aromatic nitrogens is 6. The van der Waals surface area contributed by atoms with Crippen LogP contribution in [0.3, 0.4) is 0 Å². The number of nitrogens with one attached hydrogen (secondary N) is 4. The third-order valence-corrected chi connectivity index (χ3v) is 7.83. The lowest BCUT2D eigenvalue weighted by Crippen LogP contribution is -2.29. The fraction of sp³-hybridized carbons (Fsp3) is 0.143. The van der Waals surface area contributed by atoms with Crippen molar-refractivity contribution in [2.75, 3.05) is 17.2 Å². The van der Waals surface area contributed by atoms with E-state index in [0.717, 1.165) is 53.1 Å². The Kier molecular flexibility index (Phi) is 6.02. The van der Waals surface area contributed by atoms with E-state index in [1.807, 2.05) is 30.5 Å². The second kappa shape index (κ2) is 9.98. The van der Waals surface area contributed by atoms with E-state index >= 15 is 0 Å². The summed E-state index contributed by atoms with van der Waals surface area (Å²) >= 11 is 1.49. The van der Waals surface area contributed by atoms with Crippen LogP contribution in [0.2, 0.25) is 0 Å². The molecule has 0 unspecified atom stereocenters. The summed E-state index contributed by atoms with van der Waals surface area (Å²) in [6.45, 7) is 2.45. The SMILES string of the molecule is O=C(Nc1nc2c(C(=O)Nc3nc4c(s3)CN(Cc3cnc[nH]3)CC4)cccc2[nH]1)c1cc2ccccc2cn1. The summed E-state index contributed by atoms with van der Waals surface area (Å²) in [5, 5.41) is 8.13. The molecule has 11 nitrogen and oxygen atoms in total. The van der Waals surface area contributed by atoms with Crippen LogP contribution in [0.4, 0.5) is 11.1 Å². The number of carbonyl (C=O) groups excluding carboxylic acids is 2. The highest BCUT2D eigenvalue weighted by Crippen LogP contribution is 2.30. The summed E-state index contributed by atoms with van der Waals surface area (Å²) < 4.78 is 0. The monoisotopic (exact) mass is 549 g/mol. The number of fused-ring (bicyclic) bond motifs is 3. The number of amides is 2. The van der Waals surface area contributed by atoms with Gasteiger partial charge in [0.1, 0.15) is 11.2 Å². The van der Waals surface area contributed by atoms with Gasteiger partial charge in [0.15, 0.2) is 5.13 Å². The number of nitrogens with zero attached hydrogens (tertiary/aromatic N) is 5. The van der Waals surface area contributed by atoms with Gasteiger partial charge in [-0.25, -0.2) is 15.0 Å². The van der Waals surface area contributed by atoms with Crippen molar-refractivity contribution >= 4 is 56.0 Å². The van der Waals surface area contributed by atoms with Gasteiger partial charge in [0, 0.05) is 54.4 Å². The smallest absolute Gasteiger partial charge is 0.276 e. The number of rotatable bonds is 6. The number of thiazole rings is 1. The van der Waals surface area contributed by atoms with E-state index in [9.17, 15) is 9.59 Å². The highest BCUT2D eigenvalue weighted by atomic mass is 32.1. The average molecular weight is 550 g/mol. The van der Waals surface area contributed by atoms with E-state index in [1.165, 1.54) is 11.3 Å². The molecule has 7 rings (SSSR count). The summed E-state index contributed by atoms with van der Waals surface area (Å²) in [5.74, 6) is -0.477. The molecule has 0 bridgehead atoms. The van der Waals surface area contributed by atoms with Gasteiger partial charge in [-0.15, -0.1) is 11.3 Å². The van der Waals surface area contributed by atoms with Gasteiger partial charge in [-0.2, -0.15) is 0 Å². The van der Waals surface area contributed by atoms with Gasteiger partial charge in [-0.3, -0.25) is 30.1 Å². The Hall–Kier alpha value is -4.94. The topological polar surface area (TPSA) is 145 Å². The maximum atomic E-state index is 13.3. The molecule has 0 fully saturated rings. The van der Waals surface area contributed by atoms with Crippen LogP contribution in [0.15, 0.2) is 67.3 Å². The minimum Gasteiger partial charge on any atom is -0.347 e. The van der Waals surface area contributed by atoms with Gasteiger partial charge >= 0.3 is 0 Å². The number of hydrogen-bond donors (Lipinski definition) is 4. The quantitative estimate of drug-likeness (QED) is 0.242. The number of para-hydroxylation sites is 1. The lowest BCUT2D eigenvalue weighted by Gasteiger charge is -2.24. The fourth-order valence-corrected chi connectivity index (χ4v) is 5.91. The van der Waals surface area contributed by atoms with Crippen LogP contribution in [0, 0.1) is 0 Å². The van der Waals surface area contributed by atoms with Crippen LogP contribution in [-0.2, 0) is 19.5 Å². The fourth-order valence-electron chi connectivity index (χ4n) is 4.87. The Morgan fingerprint density at radius 3 is 2.77 bits per heavy atom. The standard InChI is InChI=1S/C28H23N9O2S/c38-25(36-28-33-20-8-9-37(14-23(20)40-28)13-18-12-29-15-31-18)19-6-3-7-21-24(19)34-27(32-21)35-26(39)22-10-16-4-1-2-5-17(16)11-30-22/h1-7,10-12,15H,8-9,13-14H2,(H,29,31)(H,33,36,38)(H2,32,34,35,39). The third kappa shape index (κ3) is 4.70. The lowest BCUT2D eigenvalue weighted by molar-refractivity contribution is 0.101. The molecule has 1 aliphatic rings. The molecule has 0 radical (unpaired) electrons. The summed E-state index contributed by atoms with van der Waals surface area (Å²) in [6.07, 6.45) is 6.00. The summed E-state index contributed by atoms with van der Waals surface area (Å²) in [6, 6.07) is 14.7. The number of H-pyrrole nitrogens is 2. The van der Waals surface area contributed by atoms with E-state index in [0.29, 0.717) is 21.7 Å². The number of aromatic amines is 2. The Morgan fingerprint density at radius 2 is 1.90 bits per heavy atom. The predicted molar refractivity (Wildman–Crippen MR) is 152 cm³/mol. The molecule has 0 saturated heterocycles. The molecule has 2 aromatic carbocycles. The van der Waals surface area contributed by atoms with Crippen molar-refractivity contribution in [2.45, 2.75) is 19.5 Å². The molecule has 4 N–H and O–H groups in total. The highest BCUT2D eigenvalue weighted by molar-refractivity contribution is 7.15. The molecular formula is C28H23N9O2S. The zero-order chi connectivity index (χ0) is 27.1. The summed E-state index contributed by atoms with van der Waals surface area (Å²) in [5.41, 5.74) is 3.82. The molecule has 5 heterocycles. The molecule has 6 aromatic rings. The molecule has 2 amide bonds. The minimum atomic E-state index is -0.397. The van der Waals surface area contributed by atoms with Gasteiger partial charge in [0.05, 0.1) is 23.1 Å². The minimum absolute atomic E-state index is 0.234. The maximum absolute atomic E-state index is 13.3. The van der Waals surface area contributed by atoms with Crippen LogP contribution in [-0.4, -0.2) is 53.2 Å². The zero-order valence-corrected chi connectivity index (χ0v) is 22.0. The molecule has 198 valence electrons. The second-order valence-electron chi connectivity index (χ2n) is 9.54. The zero-order valence-electron chi connectivity index (χ0n) is 21.1. The van der Waals surface area contributed by atoms with Crippen LogP contribution in [0.1, 0.15) is 37.1 Å². The molecule has 4 aromatic heterocycles. The number of benzene rings is 2. The van der Waals surface area contributed by atoms with Crippen LogP contribution < -0.4 is 10.6 Å². The predicted octanol–water partition coefficient (Wildman–Crippen LogP) is 4.35. The molecule has 1 aliphatic heterocycles. The number of carbonyl (C=O) groups is 2. The first-order chi connectivity index (χ1) is 19.6. The van der Waals surface area contributed by atoms with Crippen molar-refractivity contribution in [1.29, 1.82) is 0 Å². The number of pyridine rings is 1. The lowest BCUT2D eigenvalue weighted by atomic mass is 10.1. The maximum Gasteiger partial charge on any atom is 0.276 e. The van der Waals surface area contributed by atoms with Crippen LogP contribution in [0.5, 0.6) is 0 Å². The molecular weight excluding hydrogens is 526 g/mol. The second-order valence-corrected chi connectivity index (χ2v) is 10.6. The number of hydrogen-bond acceptors (Lipinski definition) is 8. The van der Waals surface area contributed by atoms with Crippen LogP contribution in [0.25, 0.3) is 21.8 Å². The molecule has 40 heavy (non-hydrogen) atoms. The Balaban J connectivity index is 1.07. The van der Waals surface area contributed by atoms with E-state index in [-0.39, 0.29) is 17.5 Å². The summed E-state index contributed by atoms with van der Waals surface area (Å²) in [4.78, 5) is 53.4. The number of anilines is 2. The van der Waals surface area contributed by atoms with Crippen molar-refractivity contribution < 1.29 is 9.59 Å². The average Bonchev–Trinajstić information content (AvgIpc) is 3.72. The van der Waals surface area contributed by atoms with Gasteiger partial charge in [0.25, 0.3) is 11.8 Å². The molecule has 0 saturated carbocycles. The highest BCUT2D eigenvalue weighted by Gasteiger charge is 2.23. The Labute approximate surface area is 231 Å². The largest absolute Gasteiger partial charge is 0.347 e. The van der Waals surface area contributed by atoms with Gasteiger partial charge < -0.3 is 9.97 Å². The van der Waals surface area contributed by atoms with Crippen molar-refractivity contribution in [3.05, 3.63) is 94.8 Å². The van der Waals surface area contributed by atoms with Crippen molar-refractivity contribution in [1.82, 2.24) is 34.8 Å². The normalized spacial score (nSPS) is 13.4. The number of imidazole rings is 2. The van der Waals surface area contributed by atoms with Crippen molar-refractivity contribution in [2.24, 2.45) is 0 Å². The molecule has 0 atom stereocenters. The van der Waals surface area contributed by atoms with Crippen molar-refractivity contribution in [3.63, 3.8) is 0 Å². The van der Waals surface area contributed by atoms with E-state index in [2.05, 4.69) is 45.4 Å². The van der Waals surface area contributed by atoms with Gasteiger partial charge in [-0.05, 0) is 23.6 Å². The first-order valence-electron chi connectivity index (χ1n) is 12.7. The Morgan fingerprint density at radius 1 is 1.00 bits per heavy atom. The van der Waals surface area contributed by atoms with E-state index in [1.54, 1.807) is 36.8 Å². The molecule has 0 aliphatic carbocycles. The van der Waals surface area contributed by atoms with E-state index < -0.39 is 5.91 Å². The third-order valence-electron chi connectivity index (χ3n) is 6.83.